The molecule has 0 saturated carbocycles. The molecular formula is C24H24N4O2. The molecule has 152 valence electrons. The van der Waals surface area contributed by atoms with Crippen molar-refractivity contribution in [3.05, 3.63) is 65.4 Å². The number of fused-ring (bicyclic) bond motifs is 2. The van der Waals surface area contributed by atoms with E-state index < -0.39 is 5.91 Å². The molecule has 2 aromatic heterocycles. The lowest BCUT2D eigenvalue weighted by atomic mass is 10.1. The van der Waals surface area contributed by atoms with Crippen molar-refractivity contribution in [3.63, 3.8) is 0 Å². The van der Waals surface area contributed by atoms with E-state index in [4.69, 9.17) is 0 Å². The van der Waals surface area contributed by atoms with Crippen molar-refractivity contribution in [2.24, 2.45) is 10.2 Å². The Morgan fingerprint density at radius 3 is 2.70 bits per heavy atom. The van der Waals surface area contributed by atoms with E-state index in [0.29, 0.717) is 17.8 Å². The van der Waals surface area contributed by atoms with E-state index in [-0.39, 0.29) is 5.88 Å². The van der Waals surface area contributed by atoms with Gasteiger partial charge in [-0.1, -0.05) is 43.2 Å². The summed E-state index contributed by atoms with van der Waals surface area (Å²) >= 11 is 0. The standard InChI is InChI=1S/C24H24N4O2/c1-4-5-12-28-21-9-7-6-8-17(21)22(24(28)30)26-27-23(29)19-14-16(3)25-20-11-10-15(2)13-18(19)20/h6-11,13-14,30H,4-5,12H2,1-3H3. The van der Waals surface area contributed by atoms with E-state index in [0.717, 1.165) is 45.9 Å². The van der Waals surface area contributed by atoms with Crippen LogP contribution in [0.3, 0.4) is 0 Å². The maximum atomic E-state index is 12.9. The van der Waals surface area contributed by atoms with E-state index in [1.54, 1.807) is 6.07 Å². The molecule has 0 fully saturated rings. The number of hydrogen-bond donors (Lipinski definition) is 1. The summed E-state index contributed by atoms with van der Waals surface area (Å²) < 4.78 is 1.83. The lowest BCUT2D eigenvalue weighted by Gasteiger charge is -2.05. The highest BCUT2D eigenvalue weighted by Gasteiger charge is 2.17. The van der Waals surface area contributed by atoms with Crippen LogP contribution in [0.15, 0.2) is 58.8 Å². The van der Waals surface area contributed by atoms with Crippen LogP contribution >= 0.6 is 0 Å². The molecule has 4 aromatic rings. The molecule has 0 aliphatic heterocycles. The molecule has 1 N–H and O–H groups in total. The zero-order valence-corrected chi connectivity index (χ0v) is 17.4. The van der Waals surface area contributed by atoms with Crippen LogP contribution in [0.1, 0.15) is 41.4 Å². The number of rotatable bonds is 5. The van der Waals surface area contributed by atoms with Crippen LogP contribution < -0.4 is 0 Å². The molecule has 0 atom stereocenters. The summed E-state index contributed by atoms with van der Waals surface area (Å²) in [6.07, 6.45) is 1.94. The lowest BCUT2D eigenvalue weighted by molar-refractivity contribution is 0.0996. The molecule has 2 aromatic carbocycles. The Bertz CT molecular complexity index is 1290. The van der Waals surface area contributed by atoms with E-state index in [9.17, 15) is 9.90 Å². The number of para-hydroxylation sites is 1. The van der Waals surface area contributed by atoms with E-state index in [1.807, 2.05) is 60.9 Å². The first kappa shape index (κ1) is 19.8. The first-order chi connectivity index (χ1) is 14.5. The first-order valence-electron chi connectivity index (χ1n) is 10.1. The molecule has 4 rings (SSSR count). The summed E-state index contributed by atoms with van der Waals surface area (Å²) in [5, 5.41) is 20.4. The zero-order chi connectivity index (χ0) is 21.3. The number of aryl methyl sites for hydroxylation is 3. The van der Waals surface area contributed by atoms with Crippen molar-refractivity contribution >= 4 is 33.4 Å². The van der Waals surface area contributed by atoms with E-state index >= 15 is 0 Å². The average molecular weight is 400 g/mol. The number of nitrogens with zero attached hydrogens (tertiary/aromatic N) is 4. The molecule has 0 unspecified atom stereocenters. The molecule has 0 bridgehead atoms. The third-order valence-electron chi connectivity index (χ3n) is 5.22. The van der Waals surface area contributed by atoms with Crippen LogP contribution in [0.4, 0.5) is 5.69 Å². The molecule has 6 heteroatoms. The van der Waals surface area contributed by atoms with Gasteiger partial charge >= 0.3 is 0 Å². The van der Waals surface area contributed by atoms with Crippen LogP contribution in [0.25, 0.3) is 21.8 Å². The highest BCUT2D eigenvalue weighted by molar-refractivity contribution is 6.07. The number of aromatic nitrogens is 2. The van der Waals surface area contributed by atoms with E-state index in [2.05, 4.69) is 22.1 Å². The van der Waals surface area contributed by atoms with Gasteiger partial charge < -0.3 is 9.67 Å². The van der Waals surface area contributed by atoms with Gasteiger partial charge in [0.2, 0.25) is 5.88 Å². The number of carbonyl (C=O) groups excluding carboxylic acids is 1. The van der Waals surface area contributed by atoms with Crippen LogP contribution in [0, 0.1) is 13.8 Å². The Labute approximate surface area is 174 Å². The first-order valence-corrected chi connectivity index (χ1v) is 10.1. The Morgan fingerprint density at radius 2 is 1.90 bits per heavy atom. The third-order valence-corrected chi connectivity index (χ3v) is 5.22. The predicted octanol–water partition coefficient (Wildman–Crippen LogP) is 6.24. The summed E-state index contributed by atoms with van der Waals surface area (Å²) in [5.41, 5.74) is 4.18. The minimum Gasteiger partial charge on any atom is -0.493 e. The van der Waals surface area contributed by atoms with Gasteiger partial charge in [0.1, 0.15) is 0 Å². The number of aromatic hydroxyl groups is 1. The number of hydrogen-bond acceptors (Lipinski definition) is 4. The Hall–Kier alpha value is -3.54. The molecule has 0 aliphatic rings. The van der Waals surface area contributed by atoms with Gasteiger partial charge in [0.15, 0.2) is 5.69 Å². The van der Waals surface area contributed by atoms with Gasteiger partial charge in [0.25, 0.3) is 5.91 Å². The number of unbranched alkanes of at least 4 members (excludes halogenated alkanes) is 1. The monoisotopic (exact) mass is 400 g/mol. The van der Waals surface area contributed by atoms with Gasteiger partial charge in [-0.3, -0.25) is 9.78 Å². The fourth-order valence-corrected chi connectivity index (χ4v) is 3.71. The topological polar surface area (TPSA) is 79.8 Å². The number of amides is 1. The number of carbonyl (C=O) groups is 1. The normalized spacial score (nSPS) is 11.7. The van der Waals surface area contributed by atoms with Crippen molar-refractivity contribution in [2.75, 3.05) is 0 Å². The average Bonchev–Trinajstić information content (AvgIpc) is 3.01. The van der Waals surface area contributed by atoms with Crippen molar-refractivity contribution in [1.29, 1.82) is 0 Å². The summed E-state index contributed by atoms with van der Waals surface area (Å²) in [5.74, 6) is -0.422. The minimum absolute atomic E-state index is 0.0350. The highest BCUT2D eigenvalue weighted by atomic mass is 16.3. The second-order valence-corrected chi connectivity index (χ2v) is 7.53. The second-order valence-electron chi connectivity index (χ2n) is 7.53. The van der Waals surface area contributed by atoms with Gasteiger partial charge in [0, 0.05) is 23.0 Å². The molecule has 0 aliphatic carbocycles. The molecule has 1 amide bonds. The van der Waals surface area contributed by atoms with Crippen LogP contribution in [-0.2, 0) is 6.54 Å². The highest BCUT2D eigenvalue weighted by Crippen LogP contribution is 2.39. The molecule has 0 saturated heterocycles. The van der Waals surface area contributed by atoms with Gasteiger partial charge in [-0.25, -0.2) is 0 Å². The largest absolute Gasteiger partial charge is 0.493 e. The number of benzene rings is 2. The Kier molecular flexibility index (Phi) is 5.31. The molecule has 6 nitrogen and oxygen atoms in total. The Morgan fingerprint density at radius 1 is 1.10 bits per heavy atom. The SMILES string of the molecule is CCCCn1c(O)c(N=NC(=O)c2cc(C)nc3ccc(C)cc23)c2ccccc21. The fraction of sp³-hybridized carbons (Fsp3) is 0.250. The molecule has 0 spiro atoms. The maximum absolute atomic E-state index is 12.9. The van der Waals surface area contributed by atoms with Gasteiger partial charge in [-0.05, 0) is 44.5 Å². The van der Waals surface area contributed by atoms with Gasteiger partial charge in [-0.2, -0.15) is 0 Å². The smallest absolute Gasteiger partial charge is 0.296 e. The van der Waals surface area contributed by atoms with Gasteiger partial charge in [-0.15, -0.1) is 10.2 Å². The zero-order valence-electron chi connectivity index (χ0n) is 17.4. The molecule has 2 heterocycles. The van der Waals surface area contributed by atoms with Crippen molar-refractivity contribution in [3.8, 4) is 5.88 Å². The summed E-state index contributed by atoms with van der Waals surface area (Å²) in [4.78, 5) is 17.4. The quantitative estimate of drug-likeness (QED) is 0.403. The Balaban J connectivity index is 1.77. The lowest BCUT2D eigenvalue weighted by Crippen LogP contribution is -1.99. The van der Waals surface area contributed by atoms with Crippen LogP contribution in [-0.4, -0.2) is 20.6 Å². The van der Waals surface area contributed by atoms with Crippen molar-refractivity contribution < 1.29 is 9.90 Å². The molecule has 30 heavy (non-hydrogen) atoms. The summed E-state index contributed by atoms with van der Waals surface area (Å²) in [6.45, 7) is 6.60. The van der Waals surface area contributed by atoms with Crippen LogP contribution in [0.2, 0.25) is 0 Å². The maximum Gasteiger partial charge on any atom is 0.296 e. The van der Waals surface area contributed by atoms with Crippen molar-refractivity contribution in [1.82, 2.24) is 9.55 Å². The predicted molar refractivity (Wildman–Crippen MR) is 119 cm³/mol. The minimum atomic E-state index is -0.458. The summed E-state index contributed by atoms with van der Waals surface area (Å²) in [7, 11) is 0. The van der Waals surface area contributed by atoms with Crippen LogP contribution in [0.5, 0.6) is 5.88 Å². The van der Waals surface area contributed by atoms with Crippen molar-refractivity contribution in [2.45, 2.75) is 40.2 Å². The molecule has 0 radical (unpaired) electrons. The third kappa shape index (κ3) is 3.56. The fourth-order valence-electron chi connectivity index (χ4n) is 3.71. The number of azo groups is 1. The number of pyridine rings is 1. The second kappa shape index (κ2) is 8.06. The van der Waals surface area contributed by atoms with E-state index in [1.165, 1.54) is 0 Å². The van der Waals surface area contributed by atoms with Gasteiger partial charge in [0.05, 0.1) is 16.6 Å². The summed E-state index contributed by atoms with van der Waals surface area (Å²) in [6, 6.07) is 15.2. The molecular weight excluding hydrogens is 376 g/mol.